The number of sulfone groups is 1. The Labute approximate surface area is 141 Å². The first kappa shape index (κ1) is 15.8. The van der Waals surface area contributed by atoms with E-state index in [0.29, 0.717) is 27.3 Å². The van der Waals surface area contributed by atoms with Gasteiger partial charge >= 0.3 is 0 Å². The summed E-state index contributed by atoms with van der Waals surface area (Å²) >= 11 is 3.31. The van der Waals surface area contributed by atoms with Gasteiger partial charge in [0.15, 0.2) is 22.3 Å². The van der Waals surface area contributed by atoms with Crippen molar-refractivity contribution in [3.63, 3.8) is 0 Å². The number of amidine groups is 1. The fraction of sp³-hybridized carbons (Fsp3) is 0.143. The molecule has 2 heterocycles. The highest BCUT2D eigenvalue weighted by Crippen LogP contribution is 2.35. The largest absolute Gasteiger partial charge is 0.384 e. The minimum atomic E-state index is -3.51. The summed E-state index contributed by atoms with van der Waals surface area (Å²) in [6.45, 7) is 0.185. The highest BCUT2D eigenvalue weighted by atomic mass is 79.9. The molecule has 0 amide bonds. The lowest BCUT2D eigenvalue weighted by molar-refractivity contribution is 0.601. The van der Waals surface area contributed by atoms with E-state index in [1.807, 2.05) is 0 Å². The molecule has 0 atom stereocenters. The Morgan fingerprint density at radius 3 is 2.57 bits per heavy atom. The third kappa shape index (κ3) is 3.02. The molecule has 3 rings (SSSR count). The van der Waals surface area contributed by atoms with Crippen molar-refractivity contribution in [2.75, 3.05) is 18.7 Å². The summed E-state index contributed by atoms with van der Waals surface area (Å²) in [5, 5.41) is 7.79. The first-order valence-electron chi connectivity index (χ1n) is 6.54. The average Bonchev–Trinajstić information content (AvgIpc) is 3.00. The van der Waals surface area contributed by atoms with Gasteiger partial charge in [0.1, 0.15) is 5.82 Å². The van der Waals surface area contributed by atoms with Crippen LogP contribution in [-0.4, -0.2) is 32.2 Å². The number of aromatic nitrogens is 1. The molecule has 118 valence electrons. The second-order valence-corrected chi connectivity index (χ2v) is 7.71. The zero-order valence-corrected chi connectivity index (χ0v) is 14.5. The molecule has 0 spiro atoms. The highest BCUT2D eigenvalue weighted by Gasteiger charge is 2.26. The van der Waals surface area contributed by atoms with E-state index < -0.39 is 9.84 Å². The van der Waals surface area contributed by atoms with Crippen molar-refractivity contribution in [2.24, 2.45) is 15.2 Å². The van der Waals surface area contributed by atoms with E-state index in [4.69, 9.17) is 5.73 Å². The van der Waals surface area contributed by atoms with Crippen LogP contribution in [0.3, 0.4) is 0 Å². The molecule has 1 aliphatic heterocycles. The zero-order valence-electron chi connectivity index (χ0n) is 12.1. The summed E-state index contributed by atoms with van der Waals surface area (Å²) in [5.74, 6) is 0.673. The first-order valence-corrected chi connectivity index (χ1v) is 9.23. The molecule has 0 saturated carbocycles. The summed E-state index contributed by atoms with van der Waals surface area (Å²) in [6, 6.07) is 6.89. The lowest BCUT2D eigenvalue weighted by Crippen LogP contribution is -2.10. The van der Waals surface area contributed by atoms with Gasteiger partial charge in [-0.15, -0.1) is 5.11 Å². The van der Waals surface area contributed by atoms with Crippen LogP contribution < -0.4 is 5.73 Å². The van der Waals surface area contributed by atoms with Crippen molar-refractivity contribution in [1.29, 1.82) is 0 Å². The molecule has 0 saturated heterocycles. The summed E-state index contributed by atoms with van der Waals surface area (Å²) in [4.78, 5) is 8.37. The standard InChI is InChI=1S/C14H12BrN5O2S/c1-23(21,22)13-10(15)4-3-9(8-2-5-11(16)17-6-8)12(13)14-18-7-19-20-14/h2-6H,7H2,1H3,(H2,16,17). The number of rotatable bonds is 3. The summed E-state index contributed by atoms with van der Waals surface area (Å²) < 4.78 is 25.0. The van der Waals surface area contributed by atoms with Crippen molar-refractivity contribution in [3.8, 4) is 11.1 Å². The number of halogens is 1. The van der Waals surface area contributed by atoms with Gasteiger partial charge in [0.25, 0.3) is 0 Å². The van der Waals surface area contributed by atoms with E-state index in [-0.39, 0.29) is 11.6 Å². The molecular weight excluding hydrogens is 382 g/mol. The number of hydrogen-bond acceptors (Lipinski definition) is 7. The topological polar surface area (TPSA) is 110 Å². The molecule has 0 unspecified atom stereocenters. The summed E-state index contributed by atoms with van der Waals surface area (Å²) in [6.07, 6.45) is 2.73. The number of nitrogens with zero attached hydrogens (tertiary/aromatic N) is 4. The number of aliphatic imine (C=N–C) groups is 1. The molecule has 0 fully saturated rings. The molecule has 1 aromatic carbocycles. The fourth-order valence-electron chi connectivity index (χ4n) is 2.30. The van der Waals surface area contributed by atoms with Gasteiger partial charge in [-0.25, -0.2) is 18.4 Å². The summed E-state index contributed by atoms with van der Waals surface area (Å²) in [5.41, 5.74) is 7.40. The zero-order chi connectivity index (χ0) is 16.6. The van der Waals surface area contributed by atoms with Crippen LogP contribution in [0.4, 0.5) is 5.82 Å². The van der Waals surface area contributed by atoms with Gasteiger partial charge in [-0.1, -0.05) is 6.07 Å². The molecule has 0 aliphatic carbocycles. The predicted octanol–water partition coefficient (Wildman–Crippen LogP) is 2.67. The van der Waals surface area contributed by atoms with Crippen LogP contribution in [0.5, 0.6) is 0 Å². The number of anilines is 1. The number of pyridine rings is 1. The molecule has 0 radical (unpaired) electrons. The number of benzene rings is 1. The van der Waals surface area contributed by atoms with Crippen LogP contribution in [0.2, 0.25) is 0 Å². The lowest BCUT2D eigenvalue weighted by Gasteiger charge is -2.14. The molecule has 1 aromatic heterocycles. The van der Waals surface area contributed by atoms with Crippen LogP contribution >= 0.6 is 15.9 Å². The maximum atomic E-state index is 12.3. The van der Waals surface area contributed by atoms with E-state index in [1.165, 1.54) is 0 Å². The van der Waals surface area contributed by atoms with E-state index in [2.05, 4.69) is 36.1 Å². The Morgan fingerprint density at radius 2 is 2.00 bits per heavy atom. The number of hydrogen-bond donors (Lipinski definition) is 1. The van der Waals surface area contributed by atoms with Crippen LogP contribution in [0.1, 0.15) is 5.56 Å². The van der Waals surface area contributed by atoms with Crippen molar-refractivity contribution < 1.29 is 8.42 Å². The first-order chi connectivity index (χ1) is 10.9. The molecule has 23 heavy (non-hydrogen) atoms. The van der Waals surface area contributed by atoms with Crippen LogP contribution in [-0.2, 0) is 9.84 Å². The van der Waals surface area contributed by atoms with Gasteiger partial charge < -0.3 is 5.73 Å². The van der Waals surface area contributed by atoms with Crippen LogP contribution in [0, 0.1) is 0 Å². The predicted molar refractivity (Wildman–Crippen MR) is 91.2 cm³/mol. The molecule has 2 aromatic rings. The van der Waals surface area contributed by atoms with E-state index in [0.717, 1.165) is 11.8 Å². The lowest BCUT2D eigenvalue weighted by atomic mass is 10.0. The summed E-state index contributed by atoms with van der Waals surface area (Å²) in [7, 11) is -3.51. The van der Waals surface area contributed by atoms with Crippen molar-refractivity contribution in [2.45, 2.75) is 4.90 Å². The van der Waals surface area contributed by atoms with Gasteiger partial charge in [-0.2, -0.15) is 5.11 Å². The molecule has 1 aliphatic rings. The molecule has 0 bridgehead atoms. The van der Waals surface area contributed by atoms with E-state index in [9.17, 15) is 8.42 Å². The molecule has 2 N–H and O–H groups in total. The Morgan fingerprint density at radius 1 is 1.22 bits per heavy atom. The maximum Gasteiger partial charge on any atom is 0.180 e. The fourth-order valence-corrected chi connectivity index (χ4v) is 4.51. The minimum Gasteiger partial charge on any atom is -0.384 e. The second-order valence-electron chi connectivity index (χ2n) is 4.91. The maximum absolute atomic E-state index is 12.3. The Hall–Kier alpha value is -2.13. The quantitative estimate of drug-likeness (QED) is 0.863. The average molecular weight is 394 g/mol. The van der Waals surface area contributed by atoms with Crippen molar-refractivity contribution in [1.82, 2.24) is 4.98 Å². The molecule has 7 nitrogen and oxygen atoms in total. The smallest absolute Gasteiger partial charge is 0.180 e. The number of nitrogen functional groups attached to an aromatic ring is 1. The third-order valence-electron chi connectivity index (χ3n) is 3.25. The highest BCUT2D eigenvalue weighted by molar-refractivity contribution is 9.10. The minimum absolute atomic E-state index is 0.131. The van der Waals surface area contributed by atoms with E-state index in [1.54, 1.807) is 30.5 Å². The third-order valence-corrected chi connectivity index (χ3v) is 5.34. The molecule has 9 heteroatoms. The Balaban J connectivity index is 2.37. The second kappa shape index (κ2) is 5.82. The number of nitrogens with two attached hydrogens (primary N) is 1. The van der Waals surface area contributed by atoms with Crippen LogP contribution in [0.15, 0.2) is 55.1 Å². The van der Waals surface area contributed by atoms with Crippen molar-refractivity contribution in [3.05, 3.63) is 40.5 Å². The van der Waals surface area contributed by atoms with Gasteiger partial charge in [-0.3, -0.25) is 0 Å². The van der Waals surface area contributed by atoms with Gasteiger partial charge in [0.2, 0.25) is 0 Å². The van der Waals surface area contributed by atoms with E-state index >= 15 is 0 Å². The Kier molecular flexibility index (Phi) is 3.99. The van der Waals surface area contributed by atoms with Gasteiger partial charge in [0.05, 0.1) is 4.90 Å². The van der Waals surface area contributed by atoms with Crippen LogP contribution in [0.25, 0.3) is 11.1 Å². The van der Waals surface area contributed by atoms with Crippen molar-refractivity contribution >= 4 is 37.4 Å². The normalized spacial score (nSPS) is 14.1. The van der Waals surface area contributed by atoms with Gasteiger partial charge in [0, 0.05) is 28.1 Å². The Bertz CT molecular complexity index is 936. The van der Waals surface area contributed by atoms with Gasteiger partial charge in [-0.05, 0) is 39.7 Å². The SMILES string of the molecule is CS(=O)(=O)c1c(Br)ccc(-c2ccc(N)nc2)c1C1=NCN=N1. The molecular formula is C14H12BrN5O2S. The monoisotopic (exact) mass is 393 g/mol. The number of azo groups is 1.